The molecule has 6 nitrogen and oxygen atoms in total. The zero-order valence-corrected chi connectivity index (χ0v) is 12.5. The lowest BCUT2D eigenvalue weighted by Crippen LogP contribution is -2.30. The lowest BCUT2D eigenvalue weighted by atomic mass is 10.2. The molecule has 8 heteroatoms. The van der Waals surface area contributed by atoms with E-state index in [0.29, 0.717) is 10.2 Å². The first kappa shape index (κ1) is 16.7. The molecule has 0 rings (SSSR count). The highest BCUT2D eigenvalue weighted by molar-refractivity contribution is 7.80. The van der Waals surface area contributed by atoms with Gasteiger partial charge >= 0.3 is 0 Å². The van der Waals surface area contributed by atoms with Gasteiger partial charge in [-0.15, -0.1) is 0 Å². The first-order valence-corrected chi connectivity index (χ1v) is 6.50. The van der Waals surface area contributed by atoms with E-state index in [9.17, 15) is 0 Å². The summed E-state index contributed by atoms with van der Waals surface area (Å²) in [6.07, 6.45) is 4.58. The molecule has 102 valence electrons. The van der Waals surface area contributed by atoms with Gasteiger partial charge in [-0.25, -0.2) is 0 Å². The summed E-state index contributed by atoms with van der Waals surface area (Å²) in [6, 6.07) is 0. The van der Waals surface area contributed by atoms with E-state index < -0.39 is 0 Å². The second-order valence-corrected chi connectivity index (χ2v) is 4.16. The molecule has 0 saturated heterocycles. The number of nitrogens with zero attached hydrogens (tertiary/aromatic N) is 2. The van der Waals surface area contributed by atoms with Gasteiger partial charge in [-0.3, -0.25) is 10.9 Å². The van der Waals surface area contributed by atoms with E-state index in [-0.39, 0.29) is 0 Å². The third-order valence-corrected chi connectivity index (χ3v) is 2.51. The summed E-state index contributed by atoms with van der Waals surface area (Å²) in [7, 11) is 3.46. The molecule has 0 bridgehead atoms. The third kappa shape index (κ3) is 8.82. The molecule has 0 aromatic carbocycles. The Hall–Kier alpha value is -1.28. The Morgan fingerprint density at radius 2 is 1.72 bits per heavy atom. The fraction of sp³-hybridized carbons (Fsp3) is 0.600. The van der Waals surface area contributed by atoms with Crippen LogP contribution in [0.25, 0.3) is 0 Å². The van der Waals surface area contributed by atoms with Crippen LogP contribution in [0, 0.1) is 0 Å². The molecule has 0 aromatic rings. The van der Waals surface area contributed by atoms with Crippen molar-refractivity contribution in [2.75, 3.05) is 14.1 Å². The maximum absolute atomic E-state index is 4.94. The molecule has 0 aliphatic heterocycles. The molecule has 0 aliphatic rings. The highest BCUT2D eigenvalue weighted by Crippen LogP contribution is 1.95. The zero-order valence-electron chi connectivity index (χ0n) is 10.9. The van der Waals surface area contributed by atoms with Crippen LogP contribution in [-0.4, -0.2) is 36.2 Å². The molecule has 18 heavy (non-hydrogen) atoms. The standard InChI is InChI=1S/C10H20N6S2/c1-4-5-6-8(14-16-10(18)12-3)7-13-15-9(17)11-2/h7H,4-6H2,1-3H3,(H2,11,15,17)(H2,12,16,18)/b13-7-,14-8-. The lowest BCUT2D eigenvalue weighted by Gasteiger charge is -2.04. The Labute approximate surface area is 119 Å². The second-order valence-electron chi connectivity index (χ2n) is 3.35. The summed E-state index contributed by atoms with van der Waals surface area (Å²) >= 11 is 9.84. The molecule has 0 amide bonds. The van der Waals surface area contributed by atoms with Gasteiger partial charge < -0.3 is 10.6 Å². The van der Waals surface area contributed by atoms with E-state index in [1.54, 1.807) is 20.3 Å². The van der Waals surface area contributed by atoms with Crippen molar-refractivity contribution in [1.82, 2.24) is 21.5 Å². The molecule has 0 fully saturated rings. The lowest BCUT2D eigenvalue weighted by molar-refractivity contribution is 0.830. The van der Waals surface area contributed by atoms with E-state index >= 15 is 0 Å². The number of hydrogen-bond donors (Lipinski definition) is 4. The van der Waals surface area contributed by atoms with Crippen LogP contribution in [-0.2, 0) is 0 Å². The van der Waals surface area contributed by atoms with E-state index in [0.717, 1.165) is 25.0 Å². The maximum Gasteiger partial charge on any atom is 0.186 e. The Morgan fingerprint density at radius 1 is 1.11 bits per heavy atom. The van der Waals surface area contributed by atoms with Crippen LogP contribution in [0.4, 0.5) is 0 Å². The molecule has 0 radical (unpaired) electrons. The Kier molecular flexibility index (Phi) is 10.1. The van der Waals surface area contributed by atoms with Crippen LogP contribution in [0.2, 0.25) is 0 Å². The van der Waals surface area contributed by atoms with Gasteiger partial charge in [0, 0.05) is 14.1 Å². The predicted octanol–water partition coefficient (Wildman–Crippen LogP) is 0.706. The van der Waals surface area contributed by atoms with Gasteiger partial charge in [-0.2, -0.15) is 10.2 Å². The van der Waals surface area contributed by atoms with Gasteiger partial charge in [0.25, 0.3) is 0 Å². The highest BCUT2D eigenvalue weighted by Gasteiger charge is 1.97. The Bertz CT molecular complexity index is 326. The van der Waals surface area contributed by atoms with Crippen molar-refractivity contribution in [3.8, 4) is 0 Å². The summed E-state index contributed by atoms with van der Waals surface area (Å²) < 4.78 is 0. The summed E-state index contributed by atoms with van der Waals surface area (Å²) in [5, 5.41) is 14.6. The van der Waals surface area contributed by atoms with E-state index in [2.05, 4.69) is 38.6 Å². The first-order valence-electron chi connectivity index (χ1n) is 5.69. The number of unbranched alkanes of at least 4 members (excludes halogenated alkanes) is 1. The van der Waals surface area contributed by atoms with E-state index in [1.165, 1.54) is 0 Å². The average molecular weight is 288 g/mol. The highest BCUT2D eigenvalue weighted by atomic mass is 32.1. The van der Waals surface area contributed by atoms with Crippen LogP contribution in [0.1, 0.15) is 26.2 Å². The largest absolute Gasteiger partial charge is 0.364 e. The Morgan fingerprint density at radius 3 is 2.28 bits per heavy atom. The number of thiocarbonyl (C=S) groups is 2. The minimum absolute atomic E-state index is 0.458. The van der Waals surface area contributed by atoms with E-state index in [1.807, 2.05) is 0 Å². The first-order chi connectivity index (χ1) is 8.63. The average Bonchev–Trinajstić information content (AvgIpc) is 2.40. The van der Waals surface area contributed by atoms with Crippen LogP contribution in [0.5, 0.6) is 0 Å². The summed E-state index contributed by atoms with van der Waals surface area (Å²) in [4.78, 5) is 0. The van der Waals surface area contributed by atoms with Gasteiger partial charge in [-0.05, 0) is 37.3 Å². The minimum Gasteiger partial charge on any atom is -0.364 e. The summed E-state index contributed by atoms with van der Waals surface area (Å²) in [6.45, 7) is 2.12. The van der Waals surface area contributed by atoms with Gasteiger partial charge in [0.2, 0.25) is 0 Å². The van der Waals surface area contributed by atoms with Crippen molar-refractivity contribution in [2.24, 2.45) is 10.2 Å². The topological polar surface area (TPSA) is 72.8 Å². The molecule has 0 aliphatic carbocycles. The zero-order chi connectivity index (χ0) is 13.8. The van der Waals surface area contributed by atoms with Crippen LogP contribution in [0.3, 0.4) is 0 Å². The molecule has 0 aromatic heterocycles. The molecular weight excluding hydrogens is 268 g/mol. The summed E-state index contributed by atoms with van der Waals surface area (Å²) in [5.74, 6) is 0. The van der Waals surface area contributed by atoms with Crippen molar-refractivity contribution in [1.29, 1.82) is 0 Å². The maximum atomic E-state index is 4.94. The quantitative estimate of drug-likeness (QED) is 0.328. The number of rotatable bonds is 6. The molecule has 4 N–H and O–H groups in total. The fourth-order valence-corrected chi connectivity index (χ4v) is 1.01. The van der Waals surface area contributed by atoms with Crippen LogP contribution in [0.15, 0.2) is 10.2 Å². The molecule has 0 unspecified atom stereocenters. The predicted molar refractivity (Wildman–Crippen MR) is 85.0 cm³/mol. The molecular formula is C10H20N6S2. The van der Waals surface area contributed by atoms with Gasteiger partial charge in [0.05, 0.1) is 11.9 Å². The normalized spacial score (nSPS) is 11.2. The van der Waals surface area contributed by atoms with Gasteiger partial charge in [0.15, 0.2) is 10.2 Å². The van der Waals surface area contributed by atoms with Crippen molar-refractivity contribution >= 4 is 46.6 Å². The molecule has 0 spiro atoms. The fourth-order valence-electron chi connectivity index (χ4n) is 0.907. The van der Waals surface area contributed by atoms with Crippen molar-refractivity contribution in [3.05, 3.63) is 0 Å². The van der Waals surface area contributed by atoms with Gasteiger partial charge in [-0.1, -0.05) is 13.3 Å². The molecule has 0 atom stereocenters. The number of nitrogens with one attached hydrogen (secondary N) is 4. The van der Waals surface area contributed by atoms with Crippen molar-refractivity contribution in [2.45, 2.75) is 26.2 Å². The number of hydrazone groups is 2. The monoisotopic (exact) mass is 288 g/mol. The van der Waals surface area contributed by atoms with Crippen LogP contribution >= 0.6 is 24.4 Å². The van der Waals surface area contributed by atoms with Crippen molar-refractivity contribution < 1.29 is 0 Å². The minimum atomic E-state index is 0.458. The van der Waals surface area contributed by atoms with Crippen LogP contribution < -0.4 is 21.5 Å². The smallest absolute Gasteiger partial charge is 0.186 e. The molecule has 0 heterocycles. The number of hydrogen-bond acceptors (Lipinski definition) is 4. The SMILES string of the molecule is CCCCC(/C=N\NC(=S)NC)=N/NC(=S)NC. The second kappa shape index (κ2) is 10.8. The third-order valence-electron chi connectivity index (χ3n) is 1.92. The van der Waals surface area contributed by atoms with E-state index in [4.69, 9.17) is 24.4 Å². The Balaban J connectivity index is 4.37. The van der Waals surface area contributed by atoms with Gasteiger partial charge in [0.1, 0.15) is 0 Å². The van der Waals surface area contributed by atoms with Crippen molar-refractivity contribution in [3.63, 3.8) is 0 Å². The summed E-state index contributed by atoms with van der Waals surface area (Å²) in [5.41, 5.74) is 6.21. The molecule has 0 saturated carbocycles.